The first-order chi connectivity index (χ1) is 6.66. The molecule has 6 nitrogen and oxygen atoms in total. The summed E-state index contributed by atoms with van der Waals surface area (Å²) in [5, 5.41) is 0. The van der Waals surface area contributed by atoms with Gasteiger partial charge in [0.25, 0.3) is 0 Å². The van der Waals surface area contributed by atoms with Crippen molar-refractivity contribution in [2.24, 2.45) is 0 Å². The molecular formula is C8H9NO5. The predicted molar refractivity (Wildman–Crippen MR) is 44.2 cm³/mol. The summed E-state index contributed by atoms with van der Waals surface area (Å²) in [4.78, 5) is 33.9. The van der Waals surface area contributed by atoms with Crippen LogP contribution in [0.5, 0.6) is 0 Å². The number of amides is 2. The highest BCUT2D eigenvalue weighted by molar-refractivity contribution is 6.42. The Hall–Kier alpha value is -1.85. The fourth-order valence-corrected chi connectivity index (χ4v) is 0.912. The van der Waals surface area contributed by atoms with Crippen LogP contribution < -0.4 is 0 Å². The third-order valence-electron chi connectivity index (χ3n) is 1.57. The average Bonchev–Trinajstić information content (AvgIpc) is 2.59. The van der Waals surface area contributed by atoms with Crippen LogP contribution in [0.1, 0.15) is 0 Å². The van der Waals surface area contributed by atoms with E-state index < -0.39 is 17.8 Å². The molecular weight excluding hydrogens is 190 g/mol. The molecule has 0 bridgehead atoms. The van der Waals surface area contributed by atoms with Crippen molar-refractivity contribution in [1.82, 2.24) is 4.90 Å². The summed E-state index contributed by atoms with van der Waals surface area (Å²) in [5.41, 5.74) is 0. The number of ketones is 1. The van der Waals surface area contributed by atoms with Gasteiger partial charge in [0.2, 0.25) is 5.78 Å². The lowest BCUT2D eigenvalue weighted by Crippen LogP contribution is -2.36. The third kappa shape index (κ3) is 2.09. The summed E-state index contributed by atoms with van der Waals surface area (Å²) in [5.74, 6) is -1.72. The van der Waals surface area contributed by atoms with Crippen molar-refractivity contribution >= 4 is 17.8 Å². The van der Waals surface area contributed by atoms with E-state index in [1.165, 1.54) is 7.11 Å². The zero-order valence-electron chi connectivity index (χ0n) is 7.56. The van der Waals surface area contributed by atoms with E-state index in [0.717, 1.165) is 17.2 Å². The number of rotatable bonds is 3. The molecule has 1 saturated heterocycles. The van der Waals surface area contributed by atoms with E-state index in [-0.39, 0.29) is 13.2 Å². The van der Waals surface area contributed by atoms with Gasteiger partial charge in [-0.1, -0.05) is 0 Å². The smallest absolute Gasteiger partial charge is 0.417 e. The molecule has 1 heterocycles. The van der Waals surface area contributed by atoms with Gasteiger partial charge in [-0.2, -0.15) is 0 Å². The van der Waals surface area contributed by atoms with E-state index in [9.17, 15) is 14.4 Å². The van der Waals surface area contributed by atoms with Crippen LogP contribution >= 0.6 is 0 Å². The highest BCUT2D eigenvalue weighted by Crippen LogP contribution is 2.04. The van der Waals surface area contributed by atoms with E-state index in [2.05, 4.69) is 9.47 Å². The molecule has 0 atom stereocenters. The summed E-state index contributed by atoms with van der Waals surface area (Å²) in [6.07, 6.45) is 1.24. The molecule has 1 fully saturated rings. The van der Waals surface area contributed by atoms with Gasteiger partial charge in [0.15, 0.2) is 0 Å². The van der Waals surface area contributed by atoms with Crippen molar-refractivity contribution in [3.63, 3.8) is 0 Å². The molecule has 1 aliphatic heterocycles. The topological polar surface area (TPSA) is 72.9 Å². The highest BCUT2D eigenvalue weighted by Gasteiger charge is 2.31. The fraction of sp³-hybridized carbons (Fsp3) is 0.375. The maximum absolute atomic E-state index is 11.2. The number of cyclic esters (lactones) is 1. The Labute approximate surface area is 80.1 Å². The quantitative estimate of drug-likeness (QED) is 0.354. The van der Waals surface area contributed by atoms with E-state index in [4.69, 9.17) is 0 Å². The van der Waals surface area contributed by atoms with Gasteiger partial charge in [-0.25, -0.2) is 9.69 Å². The van der Waals surface area contributed by atoms with Gasteiger partial charge in [-0.05, 0) is 0 Å². The molecule has 76 valence electrons. The molecule has 0 aromatic rings. The maximum Gasteiger partial charge on any atom is 0.417 e. The first-order valence-electron chi connectivity index (χ1n) is 3.88. The summed E-state index contributed by atoms with van der Waals surface area (Å²) >= 11 is 0. The summed E-state index contributed by atoms with van der Waals surface area (Å²) in [6, 6.07) is 0. The Morgan fingerprint density at radius 3 is 2.79 bits per heavy atom. The molecule has 0 unspecified atom stereocenters. The molecule has 6 heteroatoms. The van der Waals surface area contributed by atoms with Gasteiger partial charge < -0.3 is 9.47 Å². The molecule has 0 aromatic heterocycles. The Morgan fingerprint density at radius 2 is 2.29 bits per heavy atom. The minimum atomic E-state index is -0.902. The standard InChI is InChI=1S/C8H9NO5/c1-13-4-2-6(10)7(11)9-3-5-14-8(9)12/h2,4H,3,5H2,1H3/b4-2+. The number of imide groups is 1. The van der Waals surface area contributed by atoms with Gasteiger partial charge in [-0.15, -0.1) is 0 Å². The zero-order chi connectivity index (χ0) is 10.6. The van der Waals surface area contributed by atoms with Crippen molar-refractivity contribution in [2.45, 2.75) is 0 Å². The summed E-state index contributed by atoms with van der Waals surface area (Å²) < 4.78 is 8.96. The Kier molecular flexibility index (Phi) is 3.22. The van der Waals surface area contributed by atoms with Crippen LogP contribution in [0.3, 0.4) is 0 Å². The molecule has 1 rings (SSSR count). The predicted octanol–water partition coefficient (Wildman–Crippen LogP) is -0.306. The van der Waals surface area contributed by atoms with Crippen molar-refractivity contribution in [3.8, 4) is 0 Å². The minimum absolute atomic E-state index is 0.115. The van der Waals surface area contributed by atoms with Crippen molar-refractivity contribution < 1.29 is 23.9 Å². The SMILES string of the molecule is CO/C=C/C(=O)C(=O)N1CCOC1=O. The number of hydrogen-bond donors (Lipinski definition) is 0. The number of ether oxygens (including phenoxy) is 2. The molecule has 0 N–H and O–H groups in total. The van der Waals surface area contributed by atoms with Crippen molar-refractivity contribution in [2.75, 3.05) is 20.3 Å². The number of carbonyl (C=O) groups is 3. The molecule has 1 aliphatic rings. The third-order valence-corrected chi connectivity index (χ3v) is 1.57. The van der Waals surface area contributed by atoms with Crippen LogP contribution in [0.2, 0.25) is 0 Å². The molecule has 0 aromatic carbocycles. The molecule has 0 radical (unpaired) electrons. The van der Waals surface area contributed by atoms with Gasteiger partial charge in [0, 0.05) is 6.08 Å². The van der Waals surface area contributed by atoms with E-state index >= 15 is 0 Å². The molecule has 2 amide bonds. The van der Waals surface area contributed by atoms with Crippen LogP contribution in [-0.4, -0.2) is 42.9 Å². The lowest BCUT2D eigenvalue weighted by atomic mass is 10.3. The van der Waals surface area contributed by atoms with Gasteiger partial charge >= 0.3 is 12.0 Å². The van der Waals surface area contributed by atoms with Crippen LogP contribution in [-0.2, 0) is 19.1 Å². The fourth-order valence-electron chi connectivity index (χ4n) is 0.912. The lowest BCUT2D eigenvalue weighted by Gasteiger charge is -2.06. The normalized spacial score (nSPS) is 15.8. The van der Waals surface area contributed by atoms with Crippen LogP contribution in [0, 0.1) is 0 Å². The van der Waals surface area contributed by atoms with Crippen molar-refractivity contribution in [3.05, 3.63) is 12.3 Å². The Balaban J connectivity index is 2.60. The second-order valence-electron chi connectivity index (χ2n) is 2.47. The summed E-state index contributed by atoms with van der Waals surface area (Å²) in [6.45, 7) is 0.246. The first-order valence-corrected chi connectivity index (χ1v) is 3.88. The maximum atomic E-state index is 11.2. The molecule has 0 aliphatic carbocycles. The number of hydrogen-bond acceptors (Lipinski definition) is 5. The monoisotopic (exact) mass is 199 g/mol. The van der Waals surface area contributed by atoms with Gasteiger partial charge in [0.05, 0.1) is 19.9 Å². The summed E-state index contributed by atoms with van der Waals surface area (Å²) in [7, 11) is 1.35. The van der Waals surface area contributed by atoms with Gasteiger partial charge in [0.1, 0.15) is 6.61 Å². The highest BCUT2D eigenvalue weighted by atomic mass is 16.6. The second-order valence-corrected chi connectivity index (χ2v) is 2.47. The van der Waals surface area contributed by atoms with E-state index in [0.29, 0.717) is 0 Å². The molecule has 0 spiro atoms. The van der Waals surface area contributed by atoms with E-state index in [1.807, 2.05) is 0 Å². The first kappa shape index (κ1) is 10.2. The van der Waals surface area contributed by atoms with Crippen molar-refractivity contribution in [1.29, 1.82) is 0 Å². The average molecular weight is 199 g/mol. The minimum Gasteiger partial charge on any atom is -0.504 e. The largest absolute Gasteiger partial charge is 0.504 e. The molecule has 0 saturated carbocycles. The number of carbonyl (C=O) groups excluding carboxylic acids is 3. The zero-order valence-corrected chi connectivity index (χ0v) is 7.56. The van der Waals surface area contributed by atoms with Crippen LogP contribution in [0.4, 0.5) is 4.79 Å². The van der Waals surface area contributed by atoms with Crippen LogP contribution in [0.25, 0.3) is 0 Å². The Bertz CT molecular complexity index is 296. The number of methoxy groups -OCH3 is 1. The Morgan fingerprint density at radius 1 is 1.57 bits per heavy atom. The second kappa shape index (κ2) is 4.40. The van der Waals surface area contributed by atoms with Gasteiger partial charge in [-0.3, -0.25) is 9.59 Å². The molecule has 14 heavy (non-hydrogen) atoms. The lowest BCUT2D eigenvalue weighted by molar-refractivity contribution is -0.139. The van der Waals surface area contributed by atoms with Crippen LogP contribution in [0.15, 0.2) is 12.3 Å². The van der Waals surface area contributed by atoms with E-state index in [1.54, 1.807) is 0 Å². The number of nitrogens with zero attached hydrogens (tertiary/aromatic N) is 1.